The normalized spacial score (nSPS) is 35.9. The first-order chi connectivity index (χ1) is 6.13. The molecule has 2 unspecified atom stereocenters. The highest BCUT2D eigenvalue weighted by molar-refractivity contribution is 5.73. The summed E-state index contributed by atoms with van der Waals surface area (Å²) in [7, 11) is 0. The number of hydrogen-bond donors (Lipinski definition) is 3. The Labute approximate surface area is 83.5 Å². The number of hydroxylamine groups is 2. The summed E-state index contributed by atoms with van der Waals surface area (Å²) < 4.78 is 0. The quantitative estimate of drug-likeness (QED) is 0.568. The van der Waals surface area contributed by atoms with Gasteiger partial charge in [0, 0.05) is 6.04 Å². The summed E-state index contributed by atoms with van der Waals surface area (Å²) in [6, 6.07) is -0.583. The van der Waals surface area contributed by atoms with E-state index in [2.05, 4.69) is 0 Å². The number of carboxylic acid groups (broad SMARTS) is 1. The molecule has 1 saturated heterocycles. The third kappa shape index (κ3) is 1.24. The number of hydrogen-bond acceptors (Lipinski definition) is 4. The van der Waals surface area contributed by atoms with Crippen LogP contribution in [0.3, 0.4) is 0 Å². The van der Waals surface area contributed by atoms with Crippen LogP contribution in [0.2, 0.25) is 0 Å². The molecule has 0 saturated carbocycles. The van der Waals surface area contributed by atoms with Gasteiger partial charge in [0.25, 0.3) is 0 Å². The lowest BCUT2D eigenvalue weighted by atomic mass is 9.83. The Balaban J connectivity index is 3.16. The second-order valence-corrected chi connectivity index (χ2v) is 4.96. The highest BCUT2D eigenvalue weighted by atomic mass is 16.5. The van der Waals surface area contributed by atoms with E-state index in [9.17, 15) is 10.0 Å². The van der Waals surface area contributed by atoms with Crippen molar-refractivity contribution in [2.45, 2.75) is 44.8 Å². The van der Waals surface area contributed by atoms with Crippen LogP contribution in [0.5, 0.6) is 0 Å². The average Bonchev–Trinajstić information content (AvgIpc) is 2.10. The molecule has 1 aliphatic heterocycles. The molecule has 1 fully saturated rings. The zero-order valence-electron chi connectivity index (χ0n) is 8.98. The molecule has 1 heterocycles. The van der Waals surface area contributed by atoms with Crippen molar-refractivity contribution in [1.82, 2.24) is 5.06 Å². The number of carboxylic acids is 1. The van der Waals surface area contributed by atoms with E-state index in [4.69, 9.17) is 10.8 Å². The van der Waals surface area contributed by atoms with Crippen molar-refractivity contribution in [3.05, 3.63) is 0 Å². The van der Waals surface area contributed by atoms with Crippen LogP contribution in [0.1, 0.15) is 27.7 Å². The molecule has 0 aromatic heterocycles. The zero-order chi connectivity index (χ0) is 11.3. The Morgan fingerprint density at radius 2 is 1.71 bits per heavy atom. The molecule has 82 valence electrons. The van der Waals surface area contributed by atoms with Gasteiger partial charge >= 0.3 is 5.97 Å². The molecule has 4 N–H and O–H groups in total. The molecular weight excluding hydrogens is 184 g/mol. The third-order valence-corrected chi connectivity index (χ3v) is 3.29. The van der Waals surface area contributed by atoms with Crippen LogP contribution in [0.4, 0.5) is 0 Å². The molecule has 14 heavy (non-hydrogen) atoms. The van der Waals surface area contributed by atoms with Gasteiger partial charge in [0.15, 0.2) is 0 Å². The summed E-state index contributed by atoms with van der Waals surface area (Å²) in [5.41, 5.74) is 4.29. The monoisotopic (exact) mass is 202 g/mol. The van der Waals surface area contributed by atoms with E-state index in [1.165, 1.54) is 0 Å². The molecule has 0 radical (unpaired) electrons. The smallest absolute Gasteiger partial charge is 0.310 e. The number of carbonyl (C=O) groups is 1. The molecule has 1 aliphatic rings. The van der Waals surface area contributed by atoms with Gasteiger partial charge in [0.2, 0.25) is 0 Å². The summed E-state index contributed by atoms with van der Waals surface area (Å²) >= 11 is 0. The topological polar surface area (TPSA) is 86.8 Å². The van der Waals surface area contributed by atoms with E-state index in [0.717, 1.165) is 5.06 Å². The van der Waals surface area contributed by atoms with Crippen LogP contribution in [-0.2, 0) is 4.79 Å². The van der Waals surface area contributed by atoms with Gasteiger partial charge in [-0.2, -0.15) is 5.06 Å². The standard InChI is InChI=1S/C9H18N2O3/c1-8(2)5(7(12)13)6(10)9(3,4)11(8)14/h5-6,14H,10H2,1-4H3,(H,12,13). The molecule has 5 nitrogen and oxygen atoms in total. The van der Waals surface area contributed by atoms with Crippen LogP contribution >= 0.6 is 0 Å². The van der Waals surface area contributed by atoms with E-state index < -0.39 is 29.0 Å². The van der Waals surface area contributed by atoms with E-state index in [-0.39, 0.29) is 0 Å². The molecule has 0 amide bonds. The minimum absolute atomic E-state index is 0.583. The predicted octanol–water partition coefficient (Wildman–Crippen LogP) is 0.277. The van der Waals surface area contributed by atoms with E-state index in [0.29, 0.717) is 0 Å². The number of rotatable bonds is 1. The molecule has 0 aromatic rings. The Morgan fingerprint density at radius 3 is 1.86 bits per heavy atom. The van der Waals surface area contributed by atoms with Gasteiger partial charge < -0.3 is 16.0 Å². The molecule has 5 heteroatoms. The lowest BCUT2D eigenvalue weighted by Gasteiger charge is -2.35. The average molecular weight is 202 g/mol. The van der Waals surface area contributed by atoms with Crippen molar-refractivity contribution < 1.29 is 15.1 Å². The van der Waals surface area contributed by atoms with E-state index in [1.807, 2.05) is 0 Å². The van der Waals surface area contributed by atoms with Crippen molar-refractivity contribution in [1.29, 1.82) is 0 Å². The van der Waals surface area contributed by atoms with Gasteiger partial charge in [-0.05, 0) is 27.7 Å². The number of nitrogens with zero attached hydrogens (tertiary/aromatic N) is 1. The molecule has 0 bridgehead atoms. The summed E-state index contributed by atoms with van der Waals surface area (Å²) in [5.74, 6) is -1.73. The second-order valence-electron chi connectivity index (χ2n) is 4.96. The van der Waals surface area contributed by atoms with Crippen LogP contribution in [0.15, 0.2) is 0 Å². The van der Waals surface area contributed by atoms with Crippen LogP contribution in [0.25, 0.3) is 0 Å². The van der Waals surface area contributed by atoms with Crippen molar-refractivity contribution in [2.24, 2.45) is 11.7 Å². The summed E-state index contributed by atoms with van der Waals surface area (Å²) in [6.07, 6.45) is 0. The maximum Gasteiger partial charge on any atom is 0.310 e. The minimum atomic E-state index is -0.966. The van der Waals surface area contributed by atoms with E-state index >= 15 is 0 Å². The largest absolute Gasteiger partial charge is 0.481 e. The molecule has 2 atom stereocenters. The first-order valence-corrected chi connectivity index (χ1v) is 4.61. The van der Waals surface area contributed by atoms with Gasteiger partial charge in [-0.15, -0.1) is 0 Å². The maximum atomic E-state index is 11.0. The van der Waals surface area contributed by atoms with Crippen LogP contribution in [-0.4, -0.2) is 38.5 Å². The minimum Gasteiger partial charge on any atom is -0.481 e. The fraction of sp³-hybridized carbons (Fsp3) is 0.889. The molecule has 1 rings (SSSR count). The van der Waals surface area contributed by atoms with Crippen LogP contribution in [0, 0.1) is 5.92 Å². The molecule has 0 spiro atoms. The number of nitrogens with two attached hydrogens (primary N) is 1. The first kappa shape index (κ1) is 11.4. The fourth-order valence-corrected chi connectivity index (χ4v) is 2.32. The lowest BCUT2D eigenvalue weighted by Crippen LogP contribution is -2.50. The highest BCUT2D eigenvalue weighted by Crippen LogP contribution is 2.42. The molecule has 0 aliphatic carbocycles. The fourth-order valence-electron chi connectivity index (χ4n) is 2.32. The molecular formula is C9H18N2O3. The Bertz CT molecular complexity index is 263. The molecule has 0 aromatic carbocycles. The summed E-state index contributed by atoms with van der Waals surface area (Å²) in [4.78, 5) is 11.0. The van der Waals surface area contributed by atoms with Gasteiger partial charge in [0.05, 0.1) is 17.0 Å². The van der Waals surface area contributed by atoms with Crippen molar-refractivity contribution in [3.63, 3.8) is 0 Å². The Morgan fingerprint density at radius 1 is 1.29 bits per heavy atom. The van der Waals surface area contributed by atoms with Gasteiger partial charge in [-0.25, -0.2) is 0 Å². The van der Waals surface area contributed by atoms with Crippen molar-refractivity contribution >= 4 is 5.97 Å². The van der Waals surface area contributed by atoms with Gasteiger partial charge in [-0.1, -0.05) is 0 Å². The third-order valence-electron chi connectivity index (χ3n) is 3.29. The van der Waals surface area contributed by atoms with Crippen molar-refractivity contribution in [3.8, 4) is 0 Å². The van der Waals surface area contributed by atoms with Crippen LogP contribution < -0.4 is 5.73 Å². The Kier molecular flexibility index (Phi) is 2.38. The van der Waals surface area contributed by atoms with Gasteiger partial charge in [0.1, 0.15) is 0 Å². The predicted molar refractivity (Wildman–Crippen MR) is 50.9 cm³/mol. The Hall–Kier alpha value is -0.650. The summed E-state index contributed by atoms with van der Waals surface area (Å²) in [5, 5.41) is 20.0. The SMILES string of the molecule is CC1(C)C(N)C(C(=O)O)C(C)(C)N1O. The highest BCUT2D eigenvalue weighted by Gasteiger charge is 2.59. The van der Waals surface area contributed by atoms with Gasteiger partial charge in [-0.3, -0.25) is 4.79 Å². The number of aliphatic carboxylic acids is 1. The van der Waals surface area contributed by atoms with Crippen molar-refractivity contribution in [2.75, 3.05) is 0 Å². The summed E-state index contributed by atoms with van der Waals surface area (Å²) in [6.45, 7) is 6.84. The first-order valence-electron chi connectivity index (χ1n) is 4.61. The zero-order valence-corrected chi connectivity index (χ0v) is 8.98. The lowest BCUT2D eigenvalue weighted by molar-refractivity contribution is -0.199. The second kappa shape index (κ2) is 2.92. The maximum absolute atomic E-state index is 11.0. The van der Waals surface area contributed by atoms with E-state index in [1.54, 1.807) is 27.7 Å².